The number of nitrogens with zero attached hydrogens (tertiary/aromatic N) is 1. The van der Waals surface area contributed by atoms with Gasteiger partial charge in [0.15, 0.2) is 0 Å². The average Bonchev–Trinajstić information content (AvgIpc) is 2.47. The molecule has 5 heteroatoms. The summed E-state index contributed by atoms with van der Waals surface area (Å²) in [4.78, 5) is 4.27. The first-order chi connectivity index (χ1) is 9.13. The normalized spacial score (nSPS) is 11.6. The van der Waals surface area contributed by atoms with Gasteiger partial charge in [-0.25, -0.2) is 4.98 Å². The van der Waals surface area contributed by atoms with Crippen LogP contribution >= 0.6 is 0 Å². The molecule has 0 amide bonds. The number of rotatable bonds is 5. The monoisotopic (exact) mass is 262 g/mol. The number of anilines is 1. The van der Waals surface area contributed by atoms with Crippen molar-refractivity contribution in [3.8, 4) is 5.75 Å². The van der Waals surface area contributed by atoms with Crippen LogP contribution in [0.5, 0.6) is 5.75 Å². The van der Waals surface area contributed by atoms with Crippen LogP contribution in [-0.4, -0.2) is 41.1 Å². The van der Waals surface area contributed by atoms with Crippen molar-refractivity contribution in [2.24, 2.45) is 0 Å². The van der Waals surface area contributed by atoms with E-state index in [1.54, 1.807) is 20.2 Å². The first-order valence-electron chi connectivity index (χ1n) is 6.05. The van der Waals surface area contributed by atoms with Crippen LogP contribution in [0.3, 0.4) is 0 Å². The Labute approximate surface area is 111 Å². The molecular formula is C14H18N2O3. The van der Waals surface area contributed by atoms with Crippen molar-refractivity contribution in [1.82, 2.24) is 4.98 Å². The second kappa shape index (κ2) is 5.42. The van der Waals surface area contributed by atoms with Crippen molar-refractivity contribution >= 4 is 16.6 Å². The maximum Gasteiger partial charge on any atom is 0.134 e. The van der Waals surface area contributed by atoms with Gasteiger partial charge in [0, 0.05) is 17.0 Å². The Hall–Kier alpha value is -1.85. The van der Waals surface area contributed by atoms with Crippen molar-refractivity contribution in [2.45, 2.75) is 12.5 Å². The molecule has 0 radical (unpaired) electrons. The minimum Gasteiger partial charge on any atom is -0.496 e. The zero-order chi connectivity index (χ0) is 13.9. The predicted molar refractivity (Wildman–Crippen MR) is 74.5 cm³/mol. The maximum atomic E-state index is 9.34. The van der Waals surface area contributed by atoms with Crippen LogP contribution in [0, 0.1) is 0 Å². The standard InChI is InChI=1S/C14H18N2O3/c1-14(8-17,9-18)16-13-11-4-3-5-12(19-2)10(11)6-7-15-13/h3-7,17-18H,8-9H2,1-2H3,(H,15,16). The molecule has 2 rings (SSSR count). The Kier molecular flexibility index (Phi) is 3.87. The Morgan fingerprint density at radius 3 is 2.58 bits per heavy atom. The molecule has 1 aromatic heterocycles. The summed E-state index contributed by atoms with van der Waals surface area (Å²) in [5, 5.41) is 23.6. The van der Waals surface area contributed by atoms with Gasteiger partial charge in [0.05, 0.1) is 25.9 Å². The van der Waals surface area contributed by atoms with Crippen LogP contribution in [0.25, 0.3) is 10.8 Å². The molecule has 0 bridgehead atoms. The van der Waals surface area contributed by atoms with E-state index < -0.39 is 5.54 Å². The quantitative estimate of drug-likeness (QED) is 0.759. The van der Waals surface area contributed by atoms with Crippen molar-refractivity contribution in [3.63, 3.8) is 0 Å². The van der Waals surface area contributed by atoms with E-state index in [9.17, 15) is 10.2 Å². The van der Waals surface area contributed by atoms with Gasteiger partial charge in [-0.1, -0.05) is 12.1 Å². The first kappa shape index (κ1) is 13.6. The highest BCUT2D eigenvalue weighted by molar-refractivity contribution is 5.96. The molecule has 1 heterocycles. The van der Waals surface area contributed by atoms with Gasteiger partial charge in [0.25, 0.3) is 0 Å². The van der Waals surface area contributed by atoms with Gasteiger partial charge >= 0.3 is 0 Å². The second-order valence-corrected chi connectivity index (χ2v) is 4.72. The summed E-state index contributed by atoms with van der Waals surface area (Å²) in [5.74, 6) is 1.37. The lowest BCUT2D eigenvalue weighted by Gasteiger charge is -2.27. The minimum atomic E-state index is -0.815. The Morgan fingerprint density at radius 2 is 1.95 bits per heavy atom. The van der Waals surface area contributed by atoms with Gasteiger partial charge in [-0.05, 0) is 19.1 Å². The SMILES string of the molecule is COc1cccc2c(NC(C)(CO)CO)nccc12. The van der Waals surface area contributed by atoms with Crippen molar-refractivity contribution in [1.29, 1.82) is 0 Å². The average molecular weight is 262 g/mol. The van der Waals surface area contributed by atoms with Gasteiger partial charge in [0.1, 0.15) is 11.6 Å². The fourth-order valence-electron chi connectivity index (χ4n) is 1.87. The Morgan fingerprint density at radius 1 is 1.21 bits per heavy atom. The molecule has 0 unspecified atom stereocenters. The smallest absolute Gasteiger partial charge is 0.134 e. The van der Waals surface area contributed by atoms with Crippen LogP contribution < -0.4 is 10.1 Å². The zero-order valence-electron chi connectivity index (χ0n) is 11.1. The van der Waals surface area contributed by atoms with Crippen molar-refractivity contribution in [2.75, 3.05) is 25.6 Å². The molecule has 0 saturated heterocycles. The molecule has 1 aromatic carbocycles. The lowest BCUT2D eigenvalue weighted by atomic mass is 10.0. The third-order valence-corrected chi connectivity index (χ3v) is 3.10. The molecule has 19 heavy (non-hydrogen) atoms. The summed E-state index contributed by atoms with van der Waals surface area (Å²) in [7, 11) is 1.62. The van der Waals surface area contributed by atoms with Gasteiger partial charge < -0.3 is 20.3 Å². The topological polar surface area (TPSA) is 74.6 Å². The van der Waals surface area contributed by atoms with Gasteiger partial charge in [-0.2, -0.15) is 0 Å². The highest BCUT2D eigenvalue weighted by Crippen LogP contribution is 2.30. The summed E-state index contributed by atoms with van der Waals surface area (Å²) in [5.41, 5.74) is -0.815. The van der Waals surface area contributed by atoms with Crippen LogP contribution in [-0.2, 0) is 0 Å². The molecule has 0 aliphatic rings. The highest BCUT2D eigenvalue weighted by atomic mass is 16.5. The molecule has 102 valence electrons. The number of aliphatic hydroxyl groups excluding tert-OH is 2. The third-order valence-electron chi connectivity index (χ3n) is 3.10. The summed E-state index contributed by atoms with van der Waals surface area (Å²) >= 11 is 0. The van der Waals surface area contributed by atoms with Gasteiger partial charge in [-0.3, -0.25) is 0 Å². The molecule has 3 N–H and O–H groups in total. The molecule has 0 atom stereocenters. The second-order valence-electron chi connectivity index (χ2n) is 4.72. The number of benzene rings is 1. The lowest BCUT2D eigenvalue weighted by Crippen LogP contribution is -2.42. The van der Waals surface area contributed by atoms with E-state index >= 15 is 0 Å². The number of fused-ring (bicyclic) bond motifs is 1. The van der Waals surface area contributed by atoms with Crippen LogP contribution in [0.2, 0.25) is 0 Å². The molecule has 0 aliphatic carbocycles. The first-order valence-corrected chi connectivity index (χ1v) is 6.05. The zero-order valence-corrected chi connectivity index (χ0v) is 11.1. The summed E-state index contributed by atoms with van der Waals surface area (Å²) in [6.07, 6.45) is 1.67. The molecule has 0 aliphatic heterocycles. The number of pyridine rings is 1. The number of ether oxygens (including phenoxy) is 1. The summed E-state index contributed by atoms with van der Waals surface area (Å²) < 4.78 is 5.31. The molecule has 0 spiro atoms. The third kappa shape index (κ3) is 2.62. The van der Waals surface area contributed by atoms with Gasteiger partial charge in [0.2, 0.25) is 0 Å². The molecule has 0 fully saturated rings. The summed E-state index contributed by atoms with van der Waals surface area (Å²) in [6.45, 7) is 1.35. The summed E-state index contributed by atoms with van der Waals surface area (Å²) in [6, 6.07) is 7.55. The molecule has 0 saturated carbocycles. The Balaban J connectivity index is 2.50. The van der Waals surface area contributed by atoms with Crippen molar-refractivity contribution < 1.29 is 14.9 Å². The predicted octanol–water partition coefficient (Wildman–Crippen LogP) is 1.40. The van der Waals surface area contributed by atoms with Gasteiger partial charge in [-0.15, -0.1) is 0 Å². The van der Waals surface area contributed by atoms with E-state index in [1.165, 1.54) is 0 Å². The highest BCUT2D eigenvalue weighted by Gasteiger charge is 2.23. The fraction of sp³-hybridized carbons (Fsp3) is 0.357. The number of hydrogen-bond acceptors (Lipinski definition) is 5. The van der Waals surface area contributed by atoms with E-state index in [0.717, 1.165) is 16.5 Å². The van der Waals surface area contributed by atoms with Crippen LogP contribution in [0.4, 0.5) is 5.82 Å². The minimum absolute atomic E-state index is 0.189. The molecule has 2 aromatic rings. The fourth-order valence-corrected chi connectivity index (χ4v) is 1.87. The van der Waals surface area contributed by atoms with E-state index in [0.29, 0.717) is 5.82 Å². The number of methoxy groups -OCH3 is 1. The van der Waals surface area contributed by atoms with E-state index in [1.807, 2.05) is 24.3 Å². The lowest BCUT2D eigenvalue weighted by molar-refractivity contribution is 0.147. The number of aromatic nitrogens is 1. The number of nitrogens with one attached hydrogen (secondary N) is 1. The number of hydrogen-bond donors (Lipinski definition) is 3. The van der Waals surface area contributed by atoms with Crippen LogP contribution in [0.1, 0.15) is 6.92 Å². The van der Waals surface area contributed by atoms with E-state index in [4.69, 9.17) is 4.74 Å². The largest absolute Gasteiger partial charge is 0.496 e. The maximum absolute atomic E-state index is 9.34. The molecular weight excluding hydrogens is 244 g/mol. The number of aliphatic hydroxyl groups is 2. The van der Waals surface area contributed by atoms with E-state index in [2.05, 4.69) is 10.3 Å². The Bertz CT molecular complexity index is 568. The van der Waals surface area contributed by atoms with Crippen molar-refractivity contribution in [3.05, 3.63) is 30.5 Å². The molecule has 5 nitrogen and oxygen atoms in total. The van der Waals surface area contributed by atoms with E-state index in [-0.39, 0.29) is 13.2 Å². The van der Waals surface area contributed by atoms with Crippen LogP contribution in [0.15, 0.2) is 30.5 Å².